The number of carbonyl (C=O) groups excluding carboxylic acids is 1. The number of rotatable bonds is 2. The smallest absolute Gasteiger partial charge is 0.256 e. The second-order valence-corrected chi connectivity index (χ2v) is 5.76. The average molecular weight is 384 g/mol. The number of aryl methyl sites for hydroxylation is 2. The highest BCUT2D eigenvalue weighted by Gasteiger charge is 2.13. The molecule has 0 unspecified atom stereocenters. The molecule has 2 rings (SSSR count). The zero-order valence-corrected chi connectivity index (χ0v) is 13.3. The normalized spacial score (nSPS) is 10.4. The molecule has 20 heavy (non-hydrogen) atoms. The lowest BCUT2D eigenvalue weighted by Crippen LogP contribution is -2.15. The molecule has 104 valence electrons. The minimum atomic E-state index is -0.364. The Hall–Kier alpha value is -1.63. The van der Waals surface area contributed by atoms with Crippen LogP contribution in [0, 0.1) is 23.2 Å². The highest BCUT2D eigenvalue weighted by atomic mass is 127. The Labute approximate surface area is 130 Å². The molecule has 2 aromatic rings. The highest BCUT2D eigenvalue weighted by Crippen LogP contribution is 2.24. The molecule has 0 spiro atoms. The van der Waals surface area contributed by atoms with E-state index >= 15 is 0 Å². The first-order chi connectivity index (χ1) is 9.38. The van der Waals surface area contributed by atoms with E-state index in [0.717, 1.165) is 11.1 Å². The lowest BCUT2D eigenvalue weighted by atomic mass is 10.1. The second kappa shape index (κ2) is 5.78. The first kappa shape index (κ1) is 14.8. The number of halogens is 2. The lowest BCUT2D eigenvalue weighted by Gasteiger charge is -2.12. The molecule has 0 radical (unpaired) electrons. The maximum atomic E-state index is 13.0. The van der Waals surface area contributed by atoms with Crippen molar-refractivity contribution in [2.45, 2.75) is 13.8 Å². The van der Waals surface area contributed by atoms with Crippen LogP contribution in [0.15, 0.2) is 30.3 Å². The van der Waals surface area contributed by atoms with E-state index in [-0.39, 0.29) is 11.7 Å². The molecule has 0 saturated heterocycles. The maximum Gasteiger partial charge on any atom is 0.256 e. The van der Waals surface area contributed by atoms with Gasteiger partial charge in [-0.2, -0.15) is 0 Å². The van der Waals surface area contributed by atoms with E-state index in [1.54, 1.807) is 0 Å². The Morgan fingerprint density at radius 1 is 1.20 bits per heavy atom. The fraction of sp³-hybridized carbons (Fsp3) is 0.133. The van der Waals surface area contributed by atoms with Crippen LogP contribution in [0.1, 0.15) is 21.5 Å². The summed E-state index contributed by atoms with van der Waals surface area (Å²) in [4.78, 5) is 12.2. The van der Waals surface area contributed by atoms with Crippen LogP contribution in [0.3, 0.4) is 0 Å². The molecule has 2 aromatic carbocycles. The number of benzene rings is 2. The molecule has 0 atom stereocenters. The quantitative estimate of drug-likeness (QED) is 0.610. The summed E-state index contributed by atoms with van der Waals surface area (Å²) >= 11 is 1.93. The number of hydrogen-bond acceptors (Lipinski definition) is 2. The molecule has 0 aliphatic heterocycles. The highest BCUT2D eigenvalue weighted by molar-refractivity contribution is 14.1. The fourth-order valence-corrected chi connectivity index (χ4v) is 2.53. The Balaban J connectivity index is 2.30. The van der Waals surface area contributed by atoms with E-state index in [0.29, 0.717) is 20.5 Å². The summed E-state index contributed by atoms with van der Waals surface area (Å²) < 4.78 is 13.6. The van der Waals surface area contributed by atoms with E-state index < -0.39 is 0 Å². The van der Waals surface area contributed by atoms with Gasteiger partial charge in [0.2, 0.25) is 0 Å². The molecule has 0 aliphatic carbocycles. The van der Waals surface area contributed by atoms with Crippen molar-refractivity contribution in [3.8, 4) is 0 Å². The first-order valence-electron chi connectivity index (χ1n) is 6.01. The summed E-state index contributed by atoms with van der Waals surface area (Å²) in [5.41, 5.74) is 9.51. The number of hydrogen-bond donors (Lipinski definition) is 2. The molecule has 0 bridgehead atoms. The van der Waals surface area contributed by atoms with Gasteiger partial charge in [0.25, 0.3) is 5.91 Å². The van der Waals surface area contributed by atoms with E-state index in [1.165, 1.54) is 18.2 Å². The molecule has 0 aliphatic rings. The van der Waals surface area contributed by atoms with Crippen LogP contribution in [-0.4, -0.2) is 5.91 Å². The summed E-state index contributed by atoms with van der Waals surface area (Å²) in [6.45, 7) is 3.91. The van der Waals surface area contributed by atoms with Crippen LogP contribution >= 0.6 is 22.6 Å². The zero-order chi connectivity index (χ0) is 14.9. The van der Waals surface area contributed by atoms with Gasteiger partial charge in [-0.25, -0.2) is 4.39 Å². The van der Waals surface area contributed by atoms with Crippen molar-refractivity contribution < 1.29 is 9.18 Å². The summed E-state index contributed by atoms with van der Waals surface area (Å²) in [5, 5.41) is 2.76. The fourth-order valence-electron chi connectivity index (χ4n) is 1.81. The van der Waals surface area contributed by atoms with Gasteiger partial charge in [0.05, 0.1) is 16.9 Å². The minimum Gasteiger partial charge on any atom is -0.397 e. The van der Waals surface area contributed by atoms with Gasteiger partial charge in [-0.1, -0.05) is 0 Å². The molecule has 1 amide bonds. The van der Waals surface area contributed by atoms with Gasteiger partial charge < -0.3 is 11.1 Å². The van der Waals surface area contributed by atoms with Crippen LogP contribution in [0.4, 0.5) is 15.8 Å². The molecule has 0 heterocycles. The summed E-state index contributed by atoms with van der Waals surface area (Å²) in [7, 11) is 0. The summed E-state index contributed by atoms with van der Waals surface area (Å²) in [6, 6.07) is 7.70. The molecule has 0 aromatic heterocycles. The van der Waals surface area contributed by atoms with Crippen LogP contribution in [0.2, 0.25) is 0 Å². The molecule has 0 saturated carbocycles. The van der Waals surface area contributed by atoms with Gasteiger partial charge in [0.15, 0.2) is 0 Å². The first-order valence-corrected chi connectivity index (χ1v) is 7.09. The van der Waals surface area contributed by atoms with Gasteiger partial charge >= 0.3 is 0 Å². The van der Waals surface area contributed by atoms with E-state index in [9.17, 15) is 9.18 Å². The van der Waals surface area contributed by atoms with Crippen molar-refractivity contribution in [2.24, 2.45) is 0 Å². The third-order valence-electron chi connectivity index (χ3n) is 3.09. The van der Waals surface area contributed by atoms with Crippen molar-refractivity contribution in [1.82, 2.24) is 0 Å². The molecule has 3 nitrogen and oxygen atoms in total. The molecule has 3 N–H and O–H groups in total. The maximum absolute atomic E-state index is 13.0. The van der Waals surface area contributed by atoms with Gasteiger partial charge in [-0.05, 0) is 77.9 Å². The van der Waals surface area contributed by atoms with E-state index in [1.807, 2.05) is 48.6 Å². The molecule has 5 heteroatoms. The van der Waals surface area contributed by atoms with Crippen LogP contribution < -0.4 is 11.1 Å². The number of nitrogen functional groups attached to an aromatic ring is 1. The van der Waals surface area contributed by atoms with Gasteiger partial charge in [0, 0.05) is 3.57 Å². The third-order valence-corrected chi connectivity index (χ3v) is 3.98. The van der Waals surface area contributed by atoms with Crippen molar-refractivity contribution in [2.75, 3.05) is 11.1 Å². The lowest BCUT2D eigenvalue weighted by molar-refractivity contribution is 0.102. The van der Waals surface area contributed by atoms with Crippen LogP contribution in [0.25, 0.3) is 0 Å². The van der Waals surface area contributed by atoms with Crippen molar-refractivity contribution >= 4 is 39.9 Å². The standard InChI is InChI=1S/C15H14FIN2O/c1-8-5-13(18)14(6-9(8)2)19-15(20)11-4-3-10(16)7-12(11)17/h3-7H,18H2,1-2H3,(H,19,20). The molecular formula is C15H14FIN2O. The Morgan fingerprint density at radius 2 is 1.85 bits per heavy atom. The monoisotopic (exact) mass is 384 g/mol. The molecule has 0 fully saturated rings. The van der Waals surface area contributed by atoms with E-state index in [2.05, 4.69) is 5.32 Å². The minimum absolute atomic E-state index is 0.302. The average Bonchev–Trinajstić information content (AvgIpc) is 2.35. The van der Waals surface area contributed by atoms with Crippen molar-refractivity contribution in [3.05, 3.63) is 56.4 Å². The summed E-state index contributed by atoms with van der Waals surface area (Å²) in [5.74, 6) is -0.666. The Kier molecular flexibility index (Phi) is 4.27. The van der Waals surface area contributed by atoms with Crippen molar-refractivity contribution in [3.63, 3.8) is 0 Å². The molecular weight excluding hydrogens is 370 g/mol. The Morgan fingerprint density at radius 3 is 2.50 bits per heavy atom. The van der Waals surface area contributed by atoms with Crippen LogP contribution in [-0.2, 0) is 0 Å². The van der Waals surface area contributed by atoms with Gasteiger partial charge in [-0.15, -0.1) is 0 Å². The summed E-state index contributed by atoms with van der Waals surface area (Å²) in [6.07, 6.45) is 0. The number of carbonyl (C=O) groups is 1. The zero-order valence-electron chi connectivity index (χ0n) is 11.1. The number of nitrogens with one attached hydrogen (secondary N) is 1. The Bertz CT molecular complexity index is 686. The number of anilines is 2. The second-order valence-electron chi connectivity index (χ2n) is 4.60. The SMILES string of the molecule is Cc1cc(N)c(NC(=O)c2ccc(F)cc2I)cc1C. The predicted molar refractivity (Wildman–Crippen MR) is 87.4 cm³/mol. The van der Waals surface area contributed by atoms with Crippen LogP contribution in [0.5, 0.6) is 0 Å². The predicted octanol–water partition coefficient (Wildman–Crippen LogP) is 3.88. The largest absolute Gasteiger partial charge is 0.397 e. The topological polar surface area (TPSA) is 55.1 Å². The number of nitrogens with two attached hydrogens (primary N) is 1. The van der Waals surface area contributed by atoms with Gasteiger partial charge in [0.1, 0.15) is 5.82 Å². The van der Waals surface area contributed by atoms with E-state index in [4.69, 9.17) is 5.73 Å². The number of amides is 1. The van der Waals surface area contributed by atoms with Gasteiger partial charge in [-0.3, -0.25) is 4.79 Å². The van der Waals surface area contributed by atoms with Crippen molar-refractivity contribution in [1.29, 1.82) is 0 Å². The third kappa shape index (κ3) is 3.09.